The van der Waals surface area contributed by atoms with E-state index in [9.17, 15) is 14.9 Å². The van der Waals surface area contributed by atoms with Crippen molar-refractivity contribution >= 4 is 34.7 Å². The fourth-order valence-electron chi connectivity index (χ4n) is 1.56. The highest BCUT2D eigenvalue weighted by Gasteiger charge is 2.23. The second-order valence-electron chi connectivity index (χ2n) is 3.82. The first-order valence-electron chi connectivity index (χ1n) is 5.45. The first-order chi connectivity index (χ1) is 9.49. The van der Waals surface area contributed by atoms with Crippen LogP contribution >= 0.6 is 11.6 Å². The van der Waals surface area contributed by atoms with E-state index in [0.29, 0.717) is 11.5 Å². The van der Waals surface area contributed by atoms with Gasteiger partial charge in [0.25, 0.3) is 11.6 Å². The summed E-state index contributed by atoms with van der Waals surface area (Å²) >= 11 is 5.86. The van der Waals surface area contributed by atoms with Crippen LogP contribution in [0.15, 0.2) is 36.5 Å². The summed E-state index contributed by atoms with van der Waals surface area (Å²) in [6.45, 7) is 0. The maximum Gasteiger partial charge on any atom is 0.283 e. The van der Waals surface area contributed by atoms with Crippen molar-refractivity contribution in [2.75, 3.05) is 11.1 Å². The van der Waals surface area contributed by atoms with Crippen molar-refractivity contribution in [3.8, 4) is 0 Å². The smallest absolute Gasteiger partial charge is 0.283 e. The van der Waals surface area contributed by atoms with Gasteiger partial charge in [-0.3, -0.25) is 14.9 Å². The highest BCUT2D eigenvalue weighted by molar-refractivity contribution is 6.35. The number of carbonyl (C=O) groups is 1. The number of nitro benzene ring substituents is 1. The van der Waals surface area contributed by atoms with Crippen molar-refractivity contribution in [2.24, 2.45) is 0 Å². The summed E-state index contributed by atoms with van der Waals surface area (Å²) in [6.07, 6.45) is 1.34. The van der Waals surface area contributed by atoms with Crippen LogP contribution in [0, 0.1) is 10.1 Å². The SMILES string of the molecule is Nc1ccc(NC(=O)c2c(Cl)cccc2[N+](=O)[O-])cn1. The third-order valence-corrected chi connectivity index (χ3v) is 2.77. The van der Waals surface area contributed by atoms with Crippen LogP contribution in [-0.4, -0.2) is 15.8 Å². The van der Waals surface area contributed by atoms with Gasteiger partial charge in [-0.2, -0.15) is 0 Å². The van der Waals surface area contributed by atoms with E-state index >= 15 is 0 Å². The molecule has 0 aliphatic heterocycles. The Morgan fingerprint density at radius 3 is 2.70 bits per heavy atom. The topological polar surface area (TPSA) is 111 Å². The van der Waals surface area contributed by atoms with Gasteiger partial charge in [0.1, 0.15) is 11.4 Å². The van der Waals surface area contributed by atoms with Crippen molar-refractivity contribution in [1.29, 1.82) is 0 Å². The molecule has 0 spiro atoms. The molecule has 102 valence electrons. The van der Waals surface area contributed by atoms with Crippen molar-refractivity contribution in [2.45, 2.75) is 0 Å². The van der Waals surface area contributed by atoms with Crippen LogP contribution in [0.3, 0.4) is 0 Å². The maximum atomic E-state index is 12.1. The Morgan fingerprint density at radius 1 is 1.35 bits per heavy atom. The maximum absolute atomic E-state index is 12.1. The zero-order valence-corrected chi connectivity index (χ0v) is 10.8. The van der Waals surface area contributed by atoms with Gasteiger partial charge in [0.15, 0.2) is 0 Å². The number of nitrogens with two attached hydrogens (primary N) is 1. The minimum Gasteiger partial charge on any atom is -0.384 e. The fraction of sp³-hybridized carbons (Fsp3) is 0. The van der Waals surface area contributed by atoms with Crippen LogP contribution in [0.1, 0.15) is 10.4 Å². The Labute approximate surface area is 118 Å². The first kappa shape index (κ1) is 13.8. The predicted octanol–water partition coefficient (Wildman–Crippen LogP) is 2.48. The average Bonchev–Trinajstić information content (AvgIpc) is 2.40. The van der Waals surface area contributed by atoms with Crippen LogP contribution in [0.4, 0.5) is 17.2 Å². The number of nitro groups is 1. The van der Waals surface area contributed by atoms with Crippen LogP contribution in [0.2, 0.25) is 5.02 Å². The molecule has 0 aliphatic rings. The highest BCUT2D eigenvalue weighted by Crippen LogP contribution is 2.27. The minimum atomic E-state index is -0.686. The zero-order chi connectivity index (χ0) is 14.7. The Morgan fingerprint density at radius 2 is 2.10 bits per heavy atom. The van der Waals surface area contributed by atoms with Gasteiger partial charge >= 0.3 is 0 Å². The molecule has 0 saturated heterocycles. The van der Waals surface area contributed by atoms with E-state index in [1.165, 1.54) is 36.5 Å². The van der Waals surface area contributed by atoms with E-state index in [2.05, 4.69) is 10.3 Å². The number of aromatic nitrogens is 1. The predicted molar refractivity (Wildman–Crippen MR) is 74.7 cm³/mol. The lowest BCUT2D eigenvalue weighted by Crippen LogP contribution is -2.14. The van der Waals surface area contributed by atoms with Crippen LogP contribution in [0.25, 0.3) is 0 Å². The van der Waals surface area contributed by atoms with Gasteiger partial charge in [0.2, 0.25) is 0 Å². The molecule has 1 heterocycles. The molecule has 1 aromatic carbocycles. The van der Waals surface area contributed by atoms with Gasteiger partial charge < -0.3 is 11.1 Å². The Bertz CT molecular complexity index is 673. The molecule has 20 heavy (non-hydrogen) atoms. The summed E-state index contributed by atoms with van der Waals surface area (Å²) in [4.78, 5) is 26.1. The number of anilines is 2. The molecule has 0 atom stereocenters. The van der Waals surface area contributed by atoms with E-state index in [4.69, 9.17) is 17.3 Å². The highest BCUT2D eigenvalue weighted by atomic mass is 35.5. The third-order valence-electron chi connectivity index (χ3n) is 2.46. The normalized spacial score (nSPS) is 10.1. The summed E-state index contributed by atoms with van der Waals surface area (Å²) in [7, 11) is 0. The number of halogens is 1. The van der Waals surface area contributed by atoms with Crippen LogP contribution in [-0.2, 0) is 0 Å². The van der Waals surface area contributed by atoms with E-state index in [-0.39, 0.29) is 16.3 Å². The number of pyridine rings is 1. The van der Waals surface area contributed by atoms with Crippen molar-refractivity contribution in [3.63, 3.8) is 0 Å². The number of nitrogen functional groups attached to an aromatic ring is 1. The number of hydrogen-bond acceptors (Lipinski definition) is 5. The monoisotopic (exact) mass is 292 g/mol. The molecule has 1 aromatic heterocycles. The van der Waals surface area contributed by atoms with E-state index in [0.717, 1.165) is 0 Å². The molecule has 8 heteroatoms. The van der Waals surface area contributed by atoms with E-state index in [1.807, 2.05) is 0 Å². The van der Waals surface area contributed by atoms with Crippen molar-refractivity contribution < 1.29 is 9.72 Å². The number of hydrogen-bond donors (Lipinski definition) is 2. The lowest BCUT2D eigenvalue weighted by molar-refractivity contribution is -0.385. The first-order valence-corrected chi connectivity index (χ1v) is 5.82. The summed E-state index contributed by atoms with van der Waals surface area (Å²) in [5.74, 6) is -0.388. The van der Waals surface area contributed by atoms with Gasteiger partial charge in [0, 0.05) is 6.07 Å². The van der Waals surface area contributed by atoms with Gasteiger partial charge in [-0.15, -0.1) is 0 Å². The lowest BCUT2D eigenvalue weighted by atomic mass is 10.1. The van der Waals surface area contributed by atoms with Gasteiger partial charge in [-0.1, -0.05) is 17.7 Å². The molecule has 2 aromatic rings. The number of benzene rings is 1. The number of carbonyl (C=O) groups excluding carboxylic acids is 1. The molecule has 1 amide bonds. The molecule has 0 saturated carbocycles. The molecule has 0 radical (unpaired) electrons. The number of amides is 1. The minimum absolute atomic E-state index is 0.0000965. The summed E-state index contributed by atoms with van der Waals surface area (Å²) in [6, 6.07) is 7.05. The molecule has 3 N–H and O–H groups in total. The quantitative estimate of drug-likeness (QED) is 0.667. The Kier molecular flexibility index (Phi) is 3.81. The third kappa shape index (κ3) is 2.83. The Balaban J connectivity index is 2.34. The molecule has 2 rings (SSSR count). The summed E-state index contributed by atoms with van der Waals surface area (Å²) in [5, 5.41) is 13.4. The van der Waals surface area contributed by atoms with Crippen molar-refractivity contribution in [3.05, 3.63) is 57.2 Å². The molecule has 0 aliphatic carbocycles. The molecule has 7 nitrogen and oxygen atoms in total. The second-order valence-corrected chi connectivity index (χ2v) is 4.22. The van der Waals surface area contributed by atoms with Crippen molar-refractivity contribution in [1.82, 2.24) is 4.98 Å². The lowest BCUT2D eigenvalue weighted by Gasteiger charge is -2.07. The number of nitrogens with zero attached hydrogens (tertiary/aromatic N) is 2. The standard InChI is InChI=1S/C12H9ClN4O3/c13-8-2-1-3-9(17(19)20)11(8)12(18)16-7-4-5-10(14)15-6-7/h1-6H,(H2,14,15)(H,16,18). The molecule has 0 fully saturated rings. The number of rotatable bonds is 3. The second kappa shape index (κ2) is 5.54. The summed E-state index contributed by atoms with van der Waals surface area (Å²) in [5.41, 5.74) is 5.22. The largest absolute Gasteiger partial charge is 0.384 e. The molecular weight excluding hydrogens is 284 g/mol. The van der Waals surface area contributed by atoms with Gasteiger partial charge in [-0.05, 0) is 18.2 Å². The summed E-state index contributed by atoms with van der Waals surface area (Å²) < 4.78 is 0. The molecule has 0 unspecified atom stereocenters. The van der Waals surface area contributed by atoms with Crippen LogP contribution in [0.5, 0.6) is 0 Å². The fourth-order valence-corrected chi connectivity index (χ4v) is 1.82. The average molecular weight is 293 g/mol. The van der Waals surface area contributed by atoms with E-state index < -0.39 is 10.8 Å². The van der Waals surface area contributed by atoms with E-state index in [1.54, 1.807) is 0 Å². The van der Waals surface area contributed by atoms with Gasteiger partial charge in [0.05, 0.1) is 21.8 Å². The molecular formula is C12H9ClN4O3. The zero-order valence-electron chi connectivity index (χ0n) is 10.0. The molecule has 0 bridgehead atoms. The number of nitrogens with one attached hydrogen (secondary N) is 1. The Hall–Kier alpha value is -2.67. The van der Waals surface area contributed by atoms with Gasteiger partial charge in [-0.25, -0.2) is 4.98 Å². The van der Waals surface area contributed by atoms with Crippen LogP contribution < -0.4 is 11.1 Å².